The highest BCUT2D eigenvalue weighted by molar-refractivity contribution is 7.78. The predicted molar refractivity (Wildman–Crippen MR) is 130 cm³/mol. The first kappa shape index (κ1) is 20.3. The third-order valence-corrected chi connectivity index (χ3v) is 8.73. The lowest BCUT2D eigenvalue weighted by molar-refractivity contribution is 0.588. The van der Waals surface area contributed by atoms with E-state index >= 15 is 0 Å². The zero-order valence-corrected chi connectivity index (χ0v) is 18.8. The molecule has 4 rings (SSSR count). The SMILES string of the molecule is Cc1cccc(C)c1P(=O)(/N=C/c1cccc2ccccc12)c1c(C)cccc1C. The molecule has 0 aromatic heterocycles. The highest BCUT2D eigenvalue weighted by Crippen LogP contribution is 2.48. The molecule has 0 aliphatic heterocycles. The minimum absolute atomic E-state index is 0.846. The first-order valence-electron chi connectivity index (χ1n) is 10.2. The molecule has 0 spiro atoms. The molecule has 0 atom stereocenters. The van der Waals surface area contributed by atoms with Crippen LogP contribution in [0, 0.1) is 27.7 Å². The third kappa shape index (κ3) is 3.53. The number of nitrogens with zero attached hydrogens (tertiary/aromatic N) is 1. The van der Waals surface area contributed by atoms with Gasteiger partial charge in [0.2, 0.25) is 7.29 Å². The Morgan fingerprint density at radius 1 is 0.633 bits per heavy atom. The van der Waals surface area contributed by atoms with E-state index in [2.05, 4.69) is 18.2 Å². The number of aryl methyl sites for hydroxylation is 4. The maximum atomic E-state index is 14.8. The van der Waals surface area contributed by atoms with Crippen LogP contribution in [0.4, 0.5) is 0 Å². The molecule has 0 saturated heterocycles. The zero-order chi connectivity index (χ0) is 21.3. The van der Waals surface area contributed by atoms with Crippen molar-refractivity contribution < 1.29 is 4.57 Å². The fraction of sp³-hybridized carbons (Fsp3) is 0.148. The van der Waals surface area contributed by atoms with Gasteiger partial charge in [0.1, 0.15) is 0 Å². The fourth-order valence-corrected chi connectivity index (χ4v) is 7.25. The van der Waals surface area contributed by atoms with E-state index in [0.29, 0.717) is 0 Å². The lowest BCUT2D eigenvalue weighted by atomic mass is 10.1. The van der Waals surface area contributed by atoms with Crippen LogP contribution in [0.1, 0.15) is 27.8 Å². The summed E-state index contributed by atoms with van der Waals surface area (Å²) in [6, 6.07) is 26.5. The van der Waals surface area contributed by atoms with Gasteiger partial charge in [-0.2, -0.15) is 0 Å². The summed E-state index contributed by atoms with van der Waals surface area (Å²) < 4.78 is 19.7. The van der Waals surface area contributed by atoms with Crippen molar-refractivity contribution in [2.75, 3.05) is 0 Å². The Bertz CT molecular complexity index is 1220. The second kappa shape index (κ2) is 8.05. The maximum absolute atomic E-state index is 14.8. The molecule has 0 unspecified atom stereocenters. The van der Waals surface area contributed by atoms with Gasteiger partial charge >= 0.3 is 0 Å². The van der Waals surface area contributed by atoms with Crippen molar-refractivity contribution in [2.24, 2.45) is 4.76 Å². The maximum Gasteiger partial charge on any atom is 0.248 e. The molecule has 150 valence electrons. The number of benzene rings is 4. The van der Waals surface area contributed by atoms with Gasteiger partial charge in [0.25, 0.3) is 0 Å². The van der Waals surface area contributed by atoms with Gasteiger partial charge in [0.15, 0.2) is 0 Å². The standard InChI is InChI=1S/C27H26NOP/c1-19-10-7-11-20(2)26(19)30(29,27-21(3)12-8-13-22(27)4)28-18-24-16-9-15-23-14-5-6-17-25(23)24/h5-18H,1-4H3/b28-18+. The van der Waals surface area contributed by atoms with Crippen LogP contribution in [0.3, 0.4) is 0 Å². The first-order chi connectivity index (χ1) is 14.4. The number of rotatable bonds is 4. The third-order valence-electron chi connectivity index (χ3n) is 5.67. The Hall–Kier alpha value is -2.96. The molecule has 4 aromatic rings. The minimum atomic E-state index is -3.25. The molecule has 4 aromatic carbocycles. The highest BCUT2D eigenvalue weighted by Gasteiger charge is 2.32. The van der Waals surface area contributed by atoms with Gasteiger partial charge < -0.3 is 0 Å². The van der Waals surface area contributed by atoms with E-state index in [-0.39, 0.29) is 0 Å². The molecule has 3 heteroatoms. The quantitative estimate of drug-likeness (QED) is 0.281. The van der Waals surface area contributed by atoms with Crippen LogP contribution in [0.5, 0.6) is 0 Å². The van der Waals surface area contributed by atoms with Crippen molar-refractivity contribution in [1.29, 1.82) is 0 Å². The lowest BCUT2D eigenvalue weighted by Gasteiger charge is -2.22. The molecule has 0 amide bonds. The van der Waals surface area contributed by atoms with E-state index in [9.17, 15) is 4.57 Å². The van der Waals surface area contributed by atoms with Gasteiger partial charge in [-0.3, -0.25) is 4.57 Å². The molecule has 2 nitrogen and oxygen atoms in total. The summed E-state index contributed by atoms with van der Waals surface area (Å²) in [5.41, 5.74) is 5.02. The fourth-order valence-electron chi connectivity index (χ4n) is 4.30. The molecule has 0 N–H and O–H groups in total. The molecule has 0 aliphatic carbocycles. The molecule has 0 radical (unpaired) electrons. The number of hydrogen-bond donors (Lipinski definition) is 0. The Morgan fingerprint density at radius 2 is 1.10 bits per heavy atom. The first-order valence-corrected chi connectivity index (χ1v) is 11.8. The Kier molecular flexibility index (Phi) is 5.45. The van der Waals surface area contributed by atoms with Gasteiger partial charge in [0.05, 0.1) is 0 Å². The summed E-state index contributed by atoms with van der Waals surface area (Å²) in [7, 11) is -3.25. The normalized spacial score (nSPS) is 12.0. The molecule has 0 aliphatic rings. The molecular formula is C27H26NOP. The average Bonchev–Trinajstić information content (AvgIpc) is 2.72. The Balaban J connectivity index is 2.00. The second-order valence-electron chi connectivity index (χ2n) is 7.87. The van der Waals surface area contributed by atoms with Crippen molar-refractivity contribution in [3.63, 3.8) is 0 Å². The number of hydrogen-bond acceptors (Lipinski definition) is 1. The van der Waals surface area contributed by atoms with Crippen LogP contribution in [0.25, 0.3) is 10.8 Å². The van der Waals surface area contributed by atoms with Crippen molar-refractivity contribution in [3.8, 4) is 0 Å². The predicted octanol–water partition coefficient (Wildman–Crippen LogP) is 6.42. The van der Waals surface area contributed by atoms with Crippen LogP contribution >= 0.6 is 7.29 Å². The van der Waals surface area contributed by atoms with Crippen molar-refractivity contribution in [1.82, 2.24) is 0 Å². The van der Waals surface area contributed by atoms with E-state index < -0.39 is 7.29 Å². The van der Waals surface area contributed by atoms with Crippen LogP contribution in [-0.2, 0) is 4.57 Å². The minimum Gasteiger partial charge on any atom is -0.288 e. The van der Waals surface area contributed by atoms with Crippen LogP contribution < -0.4 is 10.6 Å². The summed E-state index contributed by atoms with van der Waals surface area (Å²) in [5.74, 6) is 0. The summed E-state index contributed by atoms with van der Waals surface area (Å²) in [5, 5.41) is 3.95. The summed E-state index contributed by atoms with van der Waals surface area (Å²) in [6.07, 6.45) is 1.81. The van der Waals surface area contributed by atoms with E-state index in [4.69, 9.17) is 4.76 Å². The number of fused-ring (bicyclic) bond motifs is 1. The highest BCUT2D eigenvalue weighted by atomic mass is 31.2. The van der Waals surface area contributed by atoms with Gasteiger partial charge in [-0.15, -0.1) is 0 Å². The molecule has 0 saturated carbocycles. The summed E-state index contributed by atoms with van der Waals surface area (Å²) in [6.45, 7) is 8.10. The monoisotopic (exact) mass is 411 g/mol. The van der Waals surface area contributed by atoms with Crippen molar-refractivity contribution in [3.05, 3.63) is 107 Å². The van der Waals surface area contributed by atoms with Gasteiger partial charge in [0, 0.05) is 22.4 Å². The second-order valence-corrected chi connectivity index (χ2v) is 10.1. The van der Waals surface area contributed by atoms with E-state index in [1.54, 1.807) is 6.21 Å². The Labute approximate surface area is 178 Å². The van der Waals surface area contributed by atoms with Gasteiger partial charge in [-0.1, -0.05) is 78.9 Å². The average molecular weight is 411 g/mol. The van der Waals surface area contributed by atoms with E-state index in [0.717, 1.165) is 49.2 Å². The zero-order valence-electron chi connectivity index (χ0n) is 17.9. The smallest absolute Gasteiger partial charge is 0.248 e. The van der Waals surface area contributed by atoms with Gasteiger partial charge in [-0.05, 0) is 60.7 Å². The van der Waals surface area contributed by atoms with Crippen LogP contribution in [0.15, 0.2) is 83.6 Å². The lowest BCUT2D eigenvalue weighted by Crippen LogP contribution is -2.23. The van der Waals surface area contributed by atoms with E-state index in [1.807, 2.05) is 88.4 Å². The van der Waals surface area contributed by atoms with E-state index in [1.165, 1.54) is 0 Å². The van der Waals surface area contributed by atoms with Crippen LogP contribution in [0.2, 0.25) is 0 Å². The molecule has 0 fully saturated rings. The Morgan fingerprint density at radius 3 is 1.67 bits per heavy atom. The molecule has 0 bridgehead atoms. The largest absolute Gasteiger partial charge is 0.288 e. The molecule has 30 heavy (non-hydrogen) atoms. The van der Waals surface area contributed by atoms with Crippen molar-refractivity contribution >= 4 is 34.9 Å². The molecule has 0 heterocycles. The topological polar surface area (TPSA) is 29.4 Å². The summed E-state index contributed by atoms with van der Waals surface area (Å²) >= 11 is 0. The van der Waals surface area contributed by atoms with Crippen molar-refractivity contribution in [2.45, 2.75) is 27.7 Å². The van der Waals surface area contributed by atoms with Gasteiger partial charge in [-0.25, -0.2) is 4.76 Å². The summed E-state index contributed by atoms with van der Waals surface area (Å²) in [4.78, 5) is 0. The molecular weight excluding hydrogens is 385 g/mol. The van der Waals surface area contributed by atoms with Crippen LogP contribution in [-0.4, -0.2) is 6.21 Å².